The van der Waals surface area contributed by atoms with Crippen LogP contribution in [0, 0.1) is 0 Å². The van der Waals surface area contributed by atoms with Crippen molar-refractivity contribution in [3.05, 3.63) is 77.9 Å². The van der Waals surface area contributed by atoms with E-state index in [-0.39, 0.29) is 26.6 Å². The van der Waals surface area contributed by atoms with Crippen molar-refractivity contribution in [2.45, 2.75) is 15.5 Å². The second-order valence-corrected chi connectivity index (χ2v) is 10.5. The van der Waals surface area contributed by atoms with Gasteiger partial charge in [-0.1, -0.05) is 0 Å². The van der Waals surface area contributed by atoms with Gasteiger partial charge in [-0.05, 0) is 72.3 Å². The number of esters is 1. The number of anilines is 3. The summed E-state index contributed by atoms with van der Waals surface area (Å²) in [6, 6.07) is 15.0. The molecule has 0 atom stereocenters. The number of carbonyl (C=O) groups excluding carboxylic acids is 1. The van der Waals surface area contributed by atoms with Crippen LogP contribution in [0.25, 0.3) is 0 Å². The normalized spacial score (nSPS) is 11.7. The van der Waals surface area contributed by atoms with Gasteiger partial charge < -0.3 is 16.2 Å². The number of hydrogen-bond donors (Lipinski definition) is 3. The molecular formula is C21H21N3O6S2. The molecule has 5 N–H and O–H groups in total. The number of sulfonamides is 1. The number of benzene rings is 3. The molecule has 11 heteroatoms. The molecule has 3 aromatic carbocycles. The Bertz CT molecular complexity index is 1350. The minimum absolute atomic E-state index is 0.00233. The SMILES string of the molecule is COC(=O)c1ccc(NS(=O)(=O)c2ccc(N)cc2)c(CS(=O)(=O)c2ccc(N)cc2)c1. The number of rotatable bonds is 7. The third-order valence-electron chi connectivity index (χ3n) is 4.55. The summed E-state index contributed by atoms with van der Waals surface area (Å²) in [5.74, 6) is -1.26. The lowest BCUT2D eigenvalue weighted by Gasteiger charge is -2.15. The molecule has 0 saturated heterocycles. The number of sulfone groups is 1. The summed E-state index contributed by atoms with van der Waals surface area (Å²) >= 11 is 0. The minimum atomic E-state index is -4.05. The standard InChI is InChI=1S/C21H21N3O6S2/c1-30-21(25)14-2-11-20(24-32(28,29)19-9-5-17(23)6-10-19)15(12-14)13-31(26,27)18-7-3-16(22)4-8-18/h2-12,24H,13,22-23H2,1H3. The molecule has 0 spiro atoms. The van der Waals surface area contributed by atoms with E-state index < -0.39 is 31.6 Å². The van der Waals surface area contributed by atoms with E-state index in [1.165, 1.54) is 73.8 Å². The lowest BCUT2D eigenvalue weighted by Crippen LogP contribution is -2.16. The molecule has 0 aliphatic rings. The van der Waals surface area contributed by atoms with Gasteiger partial charge in [-0.3, -0.25) is 4.72 Å². The van der Waals surface area contributed by atoms with Crippen LogP contribution in [0.5, 0.6) is 0 Å². The minimum Gasteiger partial charge on any atom is -0.465 e. The number of methoxy groups -OCH3 is 1. The highest BCUT2D eigenvalue weighted by atomic mass is 32.2. The average Bonchev–Trinajstić information content (AvgIpc) is 2.74. The number of nitrogens with two attached hydrogens (primary N) is 2. The lowest BCUT2D eigenvalue weighted by molar-refractivity contribution is 0.0600. The molecule has 3 aromatic rings. The van der Waals surface area contributed by atoms with Gasteiger partial charge in [0.1, 0.15) is 0 Å². The molecule has 0 amide bonds. The molecule has 0 aliphatic carbocycles. The van der Waals surface area contributed by atoms with Crippen LogP contribution in [-0.4, -0.2) is 29.9 Å². The second-order valence-electron chi connectivity index (χ2n) is 6.87. The van der Waals surface area contributed by atoms with E-state index in [9.17, 15) is 21.6 Å². The van der Waals surface area contributed by atoms with Crippen LogP contribution in [0.3, 0.4) is 0 Å². The van der Waals surface area contributed by atoms with E-state index in [1.807, 2.05) is 0 Å². The second kappa shape index (κ2) is 8.89. The Kier molecular flexibility index (Phi) is 6.42. The Hall–Kier alpha value is -3.57. The van der Waals surface area contributed by atoms with E-state index in [1.54, 1.807) is 0 Å². The molecule has 0 aromatic heterocycles. The monoisotopic (exact) mass is 475 g/mol. The lowest BCUT2D eigenvalue weighted by atomic mass is 10.1. The summed E-state index contributed by atoms with van der Waals surface area (Å²) in [5, 5.41) is 0. The molecule has 3 rings (SSSR count). The van der Waals surface area contributed by atoms with Gasteiger partial charge >= 0.3 is 5.97 Å². The Labute approximate surface area is 186 Å². The highest BCUT2D eigenvalue weighted by molar-refractivity contribution is 7.92. The summed E-state index contributed by atoms with van der Waals surface area (Å²) in [5.41, 5.74) is 12.2. The van der Waals surface area contributed by atoms with Crippen LogP contribution in [-0.2, 0) is 30.4 Å². The van der Waals surface area contributed by atoms with Gasteiger partial charge in [-0.15, -0.1) is 0 Å². The maximum atomic E-state index is 12.9. The van der Waals surface area contributed by atoms with Crippen molar-refractivity contribution in [3.63, 3.8) is 0 Å². The van der Waals surface area contributed by atoms with Crippen LogP contribution in [0.15, 0.2) is 76.5 Å². The summed E-state index contributed by atoms with van der Waals surface area (Å²) in [6.45, 7) is 0. The van der Waals surface area contributed by atoms with Gasteiger partial charge in [0.2, 0.25) is 0 Å². The molecule has 168 valence electrons. The summed E-state index contributed by atoms with van der Waals surface area (Å²) in [4.78, 5) is 11.9. The summed E-state index contributed by atoms with van der Waals surface area (Å²) in [6.07, 6.45) is 0. The first-order chi connectivity index (χ1) is 15.0. The molecule has 0 aliphatic heterocycles. The number of carbonyl (C=O) groups is 1. The largest absolute Gasteiger partial charge is 0.465 e. The third kappa shape index (κ3) is 5.18. The van der Waals surface area contributed by atoms with Crippen molar-refractivity contribution in [1.29, 1.82) is 0 Å². The van der Waals surface area contributed by atoms with Gasteiger partial charge in [-0.2, -0.15) is 0 Å². The number of ether oxygens (including phenoxy) is 1. The maximum absolute atomic E-state index is 12.9. The van der Waals surface area contributed by atoms with Crippen molar-refractivity contribution in [2.24, 2.45) is 0 Å². The van der Waals surface area contributed by atoms with Crippen molar-refractivity contribution in [3.8, 4) is 0 Å². The van der Waals surface area contributed by atoms with Crippen molar-refractivity contribution in [2.75, 3.05) is 23.3 Å². The topological polar surface area (TPSA) is 159 Å². The van der Waals surface area contributed by atoms with E-state index in [0.717, 1.165) is 0 Å². The molecule has 9 nitrogen and oxygen atoms in total. The Morgan fingerprint density at radius 2 is 1.38 bits per heavy atom. The molecule has 0 unspecified atom stereocenters. The smallest absolute Gasteiger partial charge is 0.337 e. The fourth-order valence-corrected chi connectivity index (χ4v) is 5.34. The first-order valence-corrected chi connectivity index (χ1v) is 12.3. The molecule has 0 radical (unpaired) electrons. The van der Waals surface area contributed by atoms with Gasteiger partial charge in [-0.25, -0.2) is 21.6 Å². The maximum Gasteiger partial charge on any atom is 0.337 e. The molecule has 0 fully saturated rings. The molecule has 0 saturated carbocycles. The zero-order valence-electron chi connectivity index (χ0n) is 17.0. The van der Waals surface area contributed by atoms with Gasteiger partial charge in [0.25, 0.3) is 10.0 Å². The predicted molar refractivity (Wildman–Crippen MR) is 121 cm³/mol. The van der Waals surface area contributed by atoms with E-state index in [4.69, 9.17) is 11.5 Å². The quantitative estimate of drug-likeness (QED) is 0.347. The Balaban J connectivity index is 2.03. The van der Waals surface area contributed by atoms with Crippen molar-refractivity contribution < 1.29 is 26.4 Å². The molecule has 0 heterocycles. The Morgan fingerprint density at radius 1 is 0.844 bits per heavy atom. The predicted octanol–water partition coefficient (Wildman–Crippen LogP) is 2.41. The third-order valence-corrected chi connectivity index (χ3v) is 7.61. The van der Waals surface area contributed by atoms with Crippen LogP contribution in [0.2, 0.25) is 0 Å². The first kappa shape index (κ1) is 23.1. The average molecular weight is 476 g/mol. The number of hydrogen-bond acceptors (Lipinski definition) is 8. The van der Waals surface area contributed by atoms with Gasteiger partial charge in [0, 0.05) is 11.4 Å². The zero-order chi connectivity index (χ0) is 23.5. The fourth-order valence-electron chi connectivity index (χ4n) is 2.87. The number of nitrogen functional groups attached to an aromatic ring is 2. The summed E-state index contributed by atoms with van der Waals surface area (Å²) < 4.78 is 58.6. The molecule has 32 heavy (non-hydrogen) atoms. The Morgan fingerprint density at radius 3 is 1.91 bits per heavy atom. The fraction of sp³-hybridized carbons (Fsp3) is 0.0952. The van der Waals surface area contributed by atoms with Crippen LogP contribution in [0.4, 0.5) is 17.1 Å². The van der Waals surface area contributed by atoms with Crippen LogP contribution in [0.1, 0.15) is 15.9 Å². The van der Waals surface area contributed by atoms with E-state index >= 15 is 0 Å². The van der Waals surface area contributed by atoms with Crippen molar-refractivity contribution >= 4 is 42.9 Å². The van der Waals surface area contributed by atoms with Gasteiger partial charge in [0.05, 0.1) is 33.9 Å². The highest BCUT2D eigenvalue weighted by Crippen LogP contribution is 2.27. The van der Waals surface area contributed by atoms with E-state index in [2.05, 4.69) is 9.46 Å². The zero-order valence-corrected chi connectivity index (χ0v) is 18.6. The number of nitrogens with one attached hydrogen (secondary N) is 1. The summed E-state index contributed by atoms with van der Waals surface area (Å²) in [7, 11) is -6.75. The van der Waals surface area contributed by atoms with Crippen LogP contribution < -0.4 is 16.2 Å². The highest BCUT2D eigenvalue weighted by Gasteiger charge is 2.22. The van der Waals surface area contributed by atoms with Crippen LogP contribution >= 0.6 is 0 Å². The molecular weight excluding hydrogens is 454 g/mol. The molecule has 0 bridgehead atoms. The van der Waals surface area contributed by atoms with Crippen molar-refractivity contribution in [1.82, 2.24) is 0 Å². The van der Waals surface area contributed by atoms with Gasteiger partial charge in [0.15, 0.2) is 9.84 Å². The first-order valence-electron chi connectivity index (χ1n) is 9.20. The van der Waals surface area contributed by atoms with E-state index in [0.29, 0.717) is 11.4 Å².